The van der Waals surface area contributed by atoms with Crippen molar-refractivity contribution in [3.63, 3.8) is 0 Å². The monoisotopic (exact) mass is 478 g/mol. The smallest absolute Gasteiger partial charge is 0.341 e. The first-order valence-electron chi connectivity index (χ1n) is 10.3. The molecule has 0 bridgehead atoms. The molecule has 0 atom stereocenters. The number of rotatable bonds is 8. The maximum absolute atomic E-state index is 13.2. The second kappa shape index (κ2) is 10.6. The average Bonchev–Trinajstić information content (AvgIpc) is 3.19. The number of ether oxygens (including phenoxy) is 3. The molecule has 0 saturated carbocycles. The van der Waals surface area contributed by atoms with Crippen molar-refractivity contribution >= 4 is 33.7 Å². The summed E-state index contributed by atoms with van der Waals surface area (Å²) in [5, 5.41) is 2.63. The summed E-state index contributed by atoms with van der Waals surface area (Å²) in [5.74, 6) is -0.179. The summed E-state index contributed by atoms with van der Waals surface area (Å²) in [7, 11) is -2.57. The number of aryl methyl sites for hydroxylation is 1. The fraction of sp³-hybridized carbons (Fsp3) is 0.364. The van der Waals surface area contributed by atoms with Crippen LogP contribution in [0.1, 0.15) is 28.8 Å². The Kier molecular flexibility index (Phi) is 7.90. The Labute approximate surface area is 192 Å². The maximum atomic E-state index is 13.2. The van der Waals surface area contributed by atoms with Crippen LogP contribution in [0.2, 0.25) is 0 Å². The lowest BCUT2D eigenvalue weighted by Crippen LogP contribution is -2.40. The van der Waals surface area contributed by atoms with E-state index >= 15 is 0 Å². The van der Waals surface area contributed by atoms with Gasteiger partial charge in [-0.2, -0.15) is 4.31 Å². The van der Waals surface area contributed by atoms with E-state index in [4.69, 9.17) is 13.9 Å². The zero-order chi connectivity index (χ0) is 24.0. The number of anilines is 1. The average molecular weight is 479 g/mol. The number of esters is 1. The molecule has 0 radical (unpaired) electrons. The van der Waals surface area contributed by atoms with Gasteiger partial charge in [-0.15, -0.1) is 0 Å². The number of hydrogen-bond donors (Lipinski definition) is 1. The van der Waals surface area contributed by atoms with Crippen LogP contribution in [0.3, 0.4) is 0 Å². The van der Waals surface area contributed by atoms with Crippen molar-refractivity contribution in [2.75, 3.05) is 45.3 Å². The molecular formula is C22H26N2O8S. The molecular weight excluding hydrogens is 452 g/mol. The second-order valence-electron chi connectivity index (χ2n) is 7.04. The van der Waals surface area contributed by atoms with Gasteiger partial charge in [0.1, 0.15) is 27.7 Å². The van der Waals surface area contributed by atoms with Crippen molar-refractivity contribution in [3.8, 4) is 5.75 Å². The summed E-state index contributed by atoms with van der Waals surface area (Å²) in [6, 6.07) is 5.90. The minimum absolute atomic E-state index is 0.0302. The molecule has 10 nitrogen and oxygen atoms in total. The molecule has 2 heterocycles. The number of hydrogen-bond acceptors (Lipinski definition) is 8. The molecule has 2 aromatic rings. The normalized spacial score (nSPS) is 14.9. The minimum atomic E-state index is -3.84. The molecule has 178 valence electrons. The van der Waals surface area contributed by atoms with Crippen LogP contribution in [0, 0.1) is 6.92 Å². The number of benzene rings is 1. The summed E-state index contributed by atoms with van der Waals surface area (Å²) in [6.45, 7) is 4.76. The highest BCUT2D eigenvalue weighted by Crippen LogP contribution is 2.30. The van der Waals surface area contributed by atoms with E-state index in [0.717, 1.165) is 0 Å². The number of carbonyl (C=O) groups excluding carboxylic acids is 2. The van der Waals surface area contributed by atoms with E-state index in [1.165, 1.54) is 41.8 Å². The lowest BCUT2D eigenvalue weighted by molar-refractivity contribution is -0.111. The van der Waals surface area contributed by atoms with Gasteiger partial charge in [-0.05, 0) is 44.2 Å². The van der Waals surface area contributed by atoms with Gasteiger partial charge in [-0.3, -0.25) is 4.79 Å². The standard InChI is InChI=1S/C22H26N2O8S/c1-4-31-19-7-5-16(13-20(19)33(27,28)24-9-11-30-12-10-24)23-21(25)8-6-17-14-18(15(2)32-17)22(26)29-3/h5-8,13-14H,4,9-12H2,1-3H3,(H,23,25)/b8-6+. The van der Waals surface area contributed by atoms with E-state index in [1.807, 2.05) is 0 Å². The van der Waals surface area contributed by atoms with Gasteiger partial charge in [0.15, 0.2) is 0 Å². The number of amides is 1. The Bertz CT molecular complexity index is 1150. The molecule has 3 rings (SSSR count). The summed E-state index contributed by atoms with van der Waals surface area (Å²) in [6.07, 6.45) is 2.61. The van der Waals surface area contributed by atoms with Gasteiger partial charge in [0.05, 0.1) is 26.9 Å². The van der Waals surface area contributed by atoms with Crippen LogP contribution in [0.4, 0.5) is 5.69 Å². The van der Waals surface area contributed by atoms with Crippen molar-refractivity contribution in [1.82, 2.24) is 4.31 Å². The van der Waals surface area contributed by atoms with Gasteiger partial charge in [0, 0.05) is 24.9 Å². The largest absolute Gasteiger partial charge is 0.492 e. The predicted molar refractivity (Wildman–Crippen MR) is 120 cm³/mol. The zero-order valence-electron chi connectivity index (χ0n) is 18.6. The highest BCUT2D eigenvalue weighted by Gasteiger charge is 2.29. The maximum Gasteiger partial charge on any atom is 0.341 e. The molecule has 1 aliphatic heterocycles. The highest BCUT2D eigenvalue weighted by atomic mass is 32.2. The van der Waals surface area contributed by atoms with Crippen LogP contribution >= 0.6 is 0 Å². The van der Waals surface area contributed by atoms with Crippen LogP contribution in [0.25, 0.3) is 6.08 Å². The number of nitrogens with one attached hydrogen (secondary N) is 1. The molecule has 1 amide bonds. The number of sulfonamides is 1. The van der Waals surface area contributed by atoms with Crippen molar-refractivity contribution < 1.29 is 36.6 Å². The van der Waals surface area contributed by atoms with Crippen LogP contribution in [-0.4, -0.2) is 64.6 Å². The molecule has 0 unspecified atom stereocenters. The summed E-state index contributed by atoms with van der Waals surface area (Å²) in [5.41, 5.74) is 0.549. The third-order valence-corrected chi connectivity index (χ3v) is 6.76. The molecule has 1 fully saturated rings. The van der Waals surface area contributed by atoms with E-state index in [9.17, 15) is 18.0 Å². The third-order valence-electron chi connectivity index (χ3n) is 4.84. The Morgan fingerprint density at radius 2 is 1.94 bits per heavy atom. The quantitative estimate of drug-likeness (QED) is 0.453. The van der Waals surface area contributed by atoms with Gasteiger partial charge < -0.3 is 23.9 Å². The highest BCUT2D eigenvalue weighted by molar-refractivity contribution is 7.89. The number of furan rings is 1. The van der Waals surface area contributed by atoms with E-state index < -0.39 is 21.9 Å². The van der Waals surface area contributed by atoms with Crippen LogP contribution in [0.5, 0.6) is 5.75 Å². The van der Waals surface area contributed by atoms with Crippen molar-refractivity contribution in [2.45, 2.75) is 18.7 Å². The lowest BCUT2D eigenvalue weighted by atomic mass is 10.2. The summed E-state index contributed by atoms with van der Waals surface area (Å²) >= 11 is 0. The molecule has 0 aliphatic carbocycles. The number of nitrogens with zero attached hydrogens (tertiary/aromatic N) is 1. The van der Waals surface area contributed by atoms with E-state index in [2.05, 4.69) is 10.1 Å². The molecule has 1 N–H and O–H groups in total. The van der Waals surface area contributed by atoms with Gasteiger partial charge in [0.25, 0.3) is 0 Å². The van der Waals surface area contributed by atoms with Crippen LogP contribution in [-0.2, 0) is 24.3 Å². The Balaban J connectivity index is 1.79. The number of methoxy groups -OCH3 is 1. The summed E-state index contributed by atoms with van der Waals surface area (Å²) < 4.78 is 48.5. The molecule has 1 aliphatic rings. The fourth-order valence-corrected chi connectivity index (χ4v) is 4.79. The SMILES string of the molecule is CCOc1ccc(NC(=O)/C=C/c2cc(C(=O)OC)c(C)o2)cc1S(=O)(=O)N1CCOCC1. The van der Waals surface area contributed by atoms with Gasteiger partial charge in [-0.1, -0.05) is 0 Å². The van der Waals surface area contributed by atoms with Gasteiger partial charge >= 0.3 is 5.97 Å². The first-order valence-corrected chi connectivity index (χ1v) is 11.7. The van der Waals surface area contributed by atoms with Crippen LogP contribution < -0.4 is 10.1 Å². The van der Waals surface area contributed by atoms with E-state index in [0.29, 0.717) is 24.7 Å². The Hall–Kier alpha value is -3.15. The van der Waals surface area contributed by atoms with E-state index in [-0.39, 0.29) is 41.6 Å². The summed E-state index contributed by atoms with van der Waals surface area (Å²) in [4.78, 5) is 24.0. The molecule has 1 aromatic heterocycles. The Morgan fingerprint density at radius 1 is 1.21 bits per heavy atom. The van der Waals surface area contributed by atoms with Crippen molar-refractivity contribution in [2.24, 2.45) is 0 Å². The molecule has 11 heteroatoms. The third kappa shape index (κ3) is 5.81. The van der Waals surface area contributed by atoms with Gasteiger partial charge in [-0.25, -0.2) is 13.2 Å². The molecule has 1 saturated heterocycles. The van der Waals surface area contributed by atoms with Crippen molar-refractivity contribution in [1.29, 1.82) is 0 Å². The molecule has 1 aromatic carbocycles. The second-order valence-corrected chi connectivity index (χ2v) is 8.95. The van der Waals surface area contributed by atoms with E-state index in [1.54, 1.807) is 19.9 Å². The lowest BCUT2D eigenvalue weighted by Gasteiger charge is -2.27. The first-order chi connectivity index (χ1) is 15.8. The predicted octanol–water partition coefficient (Wildman–Crippen LogP) is 2.45. The zero-order valence-corrected chi connectivity index (χ0v) is 19.4. The topological polar surface area (TPSA) is 124 Å². The minimum Gasteiger partial charge on any atom is -0.492 e. The number of carbonyl (C=O) groups is 2. The first kappa shape index (κ1) is 24.5. The molecule has 0 spiro atoms. The van der Waals surface area contributed by atoms with Gasteiger partial charge in [0.2, 0.25) is 15.9 Å². The fourth-order valence-electron chi connectivity index (χ4n) is 3.23. The van der Waals surface area contributed by atoms with Crippen molar-refractivity contribution in [3.05, 3.63) is 47.4 Å². The van der Waals surface area contributed by atoms with Crippen LogP contribution in [0.15, 0.2) is 39.7 Å². The molecule has 33 heavy (non-hydrogen) atoms. The number of morpholine rings is 1. The Morgan fingerprint density at radius 3 is 2.61 bits per heavy atom.